The number of para-hydroxylation sites is 1. The van der Waals surface area contributed by atoms with Gasteiger partial charge < -0.3 is 20.4 Å². The lowest BCUT2D eigenvalue weighted by molar-refractivity contribution is -0.132. The Balaban J connectivity index is 1.51. The molecule has 3 heterocycles. The molecule has 0 bridgehead atoms. The molecule has 4 amide bonds. The van der Waals surface area contributed by atoms with Crippen molar-refractivity contribution in [3.05, 3.63) is 65.7 Å². The molecule has 3 aliphatic heterocycles. The summed E-state index contributed by atoms with van der Waals surface area (Å²) in [4.78, 5) is 55.4. The van der Waals surface area contributed by atoms with Gasteiger partial charge in [-0.3, -0.25) is 19.2 Å². The van der Waals surface area contributed by atoms with Gasteiger partial charge in [0.05, 0.1) is 0 Å². The summed E-state index contributed by atoms with van der Waals surface area (Å²) < 4.78 is 0. The van der Waals surface area contributed by atoms with Gasteiger partial charge in [0.25, 0.3) is 5.91 Å². The van der Waals surface area contributed by atoms with Crippen LogP contribution in [0, 0.1) is 0 Å². The maximum absolute atomic E-state index is 14.1. The Morgan fingerprint density at radius 2 is 1.69 bits per heavy atom. The summed E-state index contributed by atoms with van der Waals surface area (Å²) in [5.74, 6) is -1.25. The third-order valence-electron chi connectivity index (χ3n) is 7.25. The Kier molecular flexibility index (Phi) is 6.53. The molecule has 182 valence electrons. The number of likely N-dealkylation sites (tertiary alicyclic amines) is 1. The number of nitrogens with one attached hydrogen (secondary N) is 2. The first kappa shape index (κ1) is 23.1. The molecule has 2 saturated heterocycles. The van der Waals surface area contributed by atoms with Crippen LogP contribution >= 0.6 is 0 Å². The molecule has 0 aliphatic carbocycles. The summed E-state index contributed by atoms with van der Waals surface area (Å²) in [6.45, 7) is 1.34. The molecule has 0 unspecified atom stereocenters. The van der Waals surface area contributed by atoms with Crippen molar-refractivity contribution >= 4 is 29.3 Å². The van der Waals surface area contributed by atoms with E-state index in [0.717, 1.165) is 24.0 Å². The van der Waals surface area contributed by atoms with E-state index in [-0.39, 0.29) is 36.1 Å². The molecule has 8 heteroatoms. The molecular weight excluding hydrogens is 444 g/mol. The number of carbonyl (C=O) groups is 4. The number of benzene rings is 2. The highest BCUT2D eigenvalue weighted by molar-refractivity contribution is 6.05. The fraction of sp³-hybridized carbons (Fsp3) is 0.407. The van der Waals surface area contributed by atoms with Crippen LogP contribution in [0.3, 0.4) is 0 Å². The minimum absolute atomic E-state index is 0.0656. The van der Waals surface area contributed by atoms with Crippen LogP contribution in [-0.2, 0) is 25.6 Å². The average molecular weight is 475 g/mol. The van der Waals surface area contributed by atoms with Crippen molar-refractivity contribution in [3.63, 3.8) is 0 Å². The van der Waals surface area contributed by atoms with Crippen LogP contribution in [0.15, 0.2) is 54.6 Å². The van der Waals surface area contributed by atoms with Crippen LogP contribution in [0.5, 0.6) is 0 Å². The van der Waals surface area contributed by atoms with Crippen LogP contribution in [0.1, 0.15) is 42.7 Å². The lowest BCUT2D eigenvalue weighted by Crippen LogP contribution is -2.56. The summed E-state index contributed by atoms with van der Waals surface area (Å²) in [6, 6.07) is 15.8. The largest absolute Gasteiger partial charge is 0.344 e. The van der Waals surface area contributed by atoms with Crippen molar-refractivity contribution in [1.82, 2.24) is 15.5 Å². The maximum Gasteiger partial charge on any atom is 0.250 e. The molecule has 3 aliphatic rings. The Labute approximate surface area is 204 Å². The van der Waals surface area contributed by atoms with E-state index in [4.69, 9.17) is 0 Å². The smallest absolute Gasteiger partial charge is 0.250 e. The van der Waals surface area contributed by atoms with Crippen LogP contribution in [-0.4, -0.2) is 60.2 Å². The number of hydrogen-bond acceptors (Lipinski definition) is 4. The van der Waals surface area contributed by atoms with Crippen molar-refractivity contribution in [3.8, 4) is 0 Å². The third-order valence-corrected chi connectivity index (χ3v) is 7.25. The third kappa shape index (κ3) is 4.78. The van der Waals surface area contributed by atoms with Crippen LogP contribution in [0.2, 0.25) is 0 Å². The summed E-state index contributed by atoms with van der Waals surface area (Å²) in [7, 11) is 0. The van der Waals surface area contributed by atoms with Crippen molar-refractivity contribution < 1.29 is 19.2 Å². The van der Waals surface area contributed by atoms with E-state index < -0.39 is 12.1 Å². The van der Waals surface area contributed by atoms with E-state index >= 15 is 0 Å². The molecule has 2 fully saturated rings. The highest BCUT2D eigenvalue weighted by Gasteiger charge is 2.41. The van der Waals surface area contributed by atoms with E-state index in [1.165, 1.54) is 4.90 Å². The van der Waals surface area contributed by atoms with Crippen molar-refractivity contribution in [1.29, 1.82) is 0 Å². The quantitative estimate of drug-likeness (QED) is 0.690. The normalized spacial score (nSPS) is 24.1. The van der Waals surface area contributed by atoms with Gasteiger partial charge in [0.2, 0.25) is 17.7 Å². The van der Waals surface area contributed by atoms with Gasteiger partial charge in [-0.15, -0.1) is 0 Å². The Morgan fingerprint density at radius 3 is 2.40 bits per heavy atom. The van der Waals surface area contributed by atoms with E-state index in [1.54, 1.807) is 4.90 Å². The number of fused-ring (bicyclic) bond motifs is 1. The van der Waals surface area contributed by atoms with Gasteiger partial charge in [-0.2, -0.15) is 0 Å². The van der Waals surface area contributed by atoms with Gasteiger partial charge in [0.15, 0.2) is 0 Å². The Morgan fingerprint density at radius 1 is 0.971 bits per heavy atom. The molecule has 35 heavy (non-hydrogen) atoms. The Bertz CT molecular complexity index is 1130. The summed E-state index contributed by atoms with van der Waals surface area (Å²) in [5, 5.41) is 5.65. The number of hydrogen-bond donors (Lipinski definition) is 2. The first-order valence-corrected chi connectivity index (χ1v) is 12.3. The monoisotopic (exact) mass is 474 g/mol. The summed E-state index contributed by atoms with van der Waals surface area (Å²) in [5.41, 5.74) is 2.59. The van der Waals surface area contributed by atoms with Gasteiger partial charge in [0.1, 0.15) is 18.6 Å². The molecule has 0 radical (unpaired) electrons. The maximum atomic E-state index is 14.1. The molecule has 2 aromatic carbocycles. The minimum atomic E-state index is -0.874. The van der Waals surface area contributed by atoms with Gasteiger partial charge >= 0.3 is 0 Å². The lowest BCUT2D eigenvalue weighted by atomic mass is 9.86. The number of anilines is 1. The fourth-order valence-corrected chi connectivity index (χ4v) is 5.36. The zero-order chi connectivity index (χ0) is 24.4. The molecule has 2 aromatic rings. The predicted octanol–water partition coefficient (Wildman–Crippen LogP) is 1.75. The van der Waals surface area contributed by atoms with Gasteiger partial charge in [-0.25, -0.2) is 0 Å². The van der Waals surface area contributed by atoms with E-state index in [1.807, 2.05) is 54.6 Å². The molecule has 0 aromatic heterocycles. The van der Waals surface area contributed by atoms with Gasteiger partial charge in [-0.1, -0.05) is 48.5 Å². The van der Waals surface area contributed by atoms with E-state index in [9.17, 15) is 19.2 Å². The standard InChI is InChI=1S/C27H30N4O4/c32-23-13-12-21(28-23)26(34)29-25-20(18-8-2-1-3-9-18)16-19-10-4-5-11-22(19)31(27(25)35)17-24(33)30-14-6-7-15-30/h1-5,8-11,20-21,25H,6-7,12-17H2,(H,28,32)(H,29,34)/t20-,21-,25-/m0/s1. The van der Waals surface area contributed by atoms with Gasteiger partial charge in [-0.05, 0) is 42.9 Å². The number of carbonyl (C=O) groups excluding carboxylic acids is 4. The first-order chi connectivity index (χ1) is 17.0. The molecule has 3 atom stereocenters. The van der Waals surface area contributed by atoms with E-state index in [2.05, 4.69) is 10.6 Å². The fourth-order valence-electron chi connectivity index (χ4n) is 5.36. The highest BCUT2D eigenvalue weighted by Crippen LogP contribution is 2.35. The lowest BCUT2D eigenvalue weighted by Gasteiger charge is -2.30. The first-order valence-electron chi connectivity index (χ1n) is 12.3. The van der Waals surface area contributed by atoms with Crippen LogP contribution in [0.25, 0.3) is 0 Å². The second kappa shape index (κ2) is 9.90. The molecule has 2 N–H and O–H groups in total. The van der Waals surface area contributed by atoms with Crippen molar-refractivity contribution in [2.24, 2.45) is 0 Å². The van der Waals surface area contributed by atoms with Crippen molar-refractivity contribution in [2.45, 2.75) is 50.1 Å². The Hall–Kier alpha value is -3.68. The van der Waals surface area contributed by atoms with Crippen LogP contribution in [0.4, 0.5) is 5.69 Å². The zero-order valence-electron chi connectivity index (χ0n) is 19.6. The topological polar surface area (TPSA) is 98.8 Å². The SMILES string of the molecule is O=C1CC[C@@H](C(=O)N[C@@H]2C(=O)N(CC(=O)N3CCCC3)c3ccccc3C[C@H]2c2ccccc2)N1. The number of nitrogens with zero attached hydrogens (tertiary/aromatic N) is 2. The summed E-state index contributed by atoms with van der Waals surface area (Å²) in [6.07, 6.45) is 3.16. The second-order valence-electron chi connectivity index (χ2n) is 9.51. The van der Waals surface area contributed by atoms with Gasteiger partial charge in [0, 0.05) is 31.1 Å². The summed E-state index contributed by atoms with van der Waals surface area (Å²) >= 11 is 0. The van der Waals surface area contributed by atoms with E-state index in [0.29, 0.717) is 38.0 Å². The zero-order valence-corrected chi connectivity index (χ0v) is 19.6. The highest BCUT2D eigenvalue weighted by atomic mass is 16.2. The number of amides is 4. The average Bonchev–Trinajstić information content (AvgIpc) is 3.55. The second-order valence-corrected chi connectivity index (χ2v) is 9.51. The predicted molar refractivity (Wildman–Crippen MR) is 131 cm³/mol. The molecular formula is C27H30N4O4. The molecule has 8 nitrogen and oxygen atoms in total. The molecule has 5 rings (SSSR count). The molecule has 0 saturated carbocycles. The van der Waals surface area contributed by atoms with Crippen molar-refractivity contribution in [2.75, 3.05) is 24.5 Å². The number of rotatable bonds is 5. The minimum Gasteiger partial charge on any atom is -0.344 e. The molecule has 0 spiro atoms. The van der Waals surface area contributed by atoms with Crippen LogP contribution < -0.4 is 15.5 Å².